The standard InChI is InChI=1S/C15H17N5O/c1-2-20-10-16-8-13(20)9-17-12-5-3-11(4-6-12)14-7-15(21)19-18-14/h3-8,10,17H,2,9H2,1H3,(H2,18,19,21). The number of nitrogens with zero attached hydrogens (tertiary/aromatic N) is 2. The fourth-order valence-corrected chi connectivity index (χ4v) is 2.23. The van der Waals surface area contributed by atoms with Gasteiger partial charge in [-0.15, -0.1) is 0 Å². The van der Waals surface area contributed by atoms with Gasteiger partial charge in [0.25, 0.3) is 5.56 Å². The molecule has 0 radical (unpaired) electrons. The molecule has 0 bridgehead atoms. The van der Waals surface area contributed by atoms with Crippen molar-refractivity contribution in [2.24, 2.45) is 0 Å². The quantitative estimate of drug-likeness (QED) is 0.671. The van der Waals surface area contributed by atoms with Crippen molar-refractivity contribution in [2.45, 2.75) is 20.0 Å². The monoisotopic (exact) mass is 283 g/mol. The highest BCUT2D eigenvalue weighted by Gasteiger charge is 2.02. The van der Waals surface area contributed by atoms with Crippen LogP contribution in [0.5, 0.6) is 0 Å². The molecular weight excluding hydrogens is 266 g/mol. The van der Waals surface area contributed by atoms with Gasteiger partial charge in [0.15, 0.2) is 0 Å². The third-order valence-corrected chi connectivity index (χ3v) is 3.40. The highest BCUT2D eigenvalue weighted by molar-refractivity contribution is 5.62. The number of rotatable bonds is 5. The minimum absolute atomic E-state index is 0.125. The van der Waals surface area contributed by atoms with Crippen LogP contribution in [-0.2, 0) is 13.1 Å². The highest BCUT2D eigenvalue weighted by Crippen LogP contribution is 2.18. The summed E-state index contributed by atoms with van der Waals surface area (Å²) in [4.78, 5) is 15.3. The molecule has 2 heterocycles. The number of aryl methyl sites for hydroxylation is 1. The predicted molar refractivity (Wildman–Crippen MR) is 82.1 cm³/mol. The first-order valence-corrected chi connectivity index (χ1v) is 6.87. The van der Waals surface area contributed by atoms with Crippen molar-refractivity contribution < 1.29 is 0 Å². The Labute approximate surface area is 121 Å². The Hall–Kier alpha value is -2.76. The lowest BCUT2D eigenvalue weighted by Gasteiger charge is -2.08. The van der Waals surface area contributed by atoms with Crippen molar-refractivity contribution in [3.05, 3.63) is 58.9 Å². The third kappa shape index (κ3) is 2.89. The second-order valence-corrected chi connectivity index (χ2v) is 4.77. The molecule has 0 amide bonds. The van der Waals surface area contributed by atoms with Crippen LogP contribution < -0.4 is 10.9 Å². The molecule has 0 aliphatic carbocycles. The summed E-state index contributed by atoms with van der Waals surface area (Å²) in [6, 6.07) is 9.47. The molecule has 21 heavy (non-hydrogen) atoms. The average Bonchev–Trinajstić information content (AvgIpc) is 3.14. The fourth-order valence-electron chi connectivity index (χ4n) is 2.23. The van der Waals surface area contributed by atoms with Crippen LogP contribution in [0.1, 0.15) is 12.6 Å². The largest absolute Gasteiger partial charge is 0.379 e. The molecule has 2 aromatic heterocycles. The summed E-state index contributed by atoms with van der Waals surface area (Å²) in [6.45, 7) is 3.74. The number of imidazole rings is 1. The maximum absolute atomic E-state index is 11.1. The minimum Gasteiger partial charge on any atom is -0.379 e. The summed E-state index contributed by atoms with van der Waals surface area (Å²) in [5.74, 6) is 0. The van der Waals surface area contributed by atoms with Crippen LogP contribution in [0.3, 0.4) is 0 Å². The van der Waals surface area contributed by atoms with Gasteiger partial charge in [-0.25, -0.2) is 4.98 Å². The Bertz CT molecular complexity index is 766. The molecule has 0 fully saturated rings. The van der Waals surface area contributed by atoms with E-state index in [9.17, 15) is 4.79 Å². The van der Waals surface area contributed by atoms with Gasteiger partial charge in [0, 0.05) is 24.5 Å². The molecule has 6 heteroatoms. The van der Waals surface area contributed by atoms with Crippen LogP contribution in [0.2, 0.25) is 0 Å². The molecule has 3 N–H and O–H groups in total. The van der Waals surface area contributed by atoms with Gasteiger partial charge in [-0.05, 0) is 24.6 Å². The van der Waals surface area contributed by atoms with Gasteiger partial charge in [0.2, 0.25) is 0 Å². The van der Waals surface area contributed by atoms with E-state index in [2.05, 4.69) is 32.0 Å². The van der Waals surface area contributed by atoms with Crippen LogP contribution in [0, 0.1) is 0 Å². The summed E-state index contributed by atoms with van der Waals surface area (Å²) >= 11 is 0. The van der Waals surface area contributed by atoms with Gasteiger partial charge in [0.1, 0.15) is 0 Å². The van der Waals surface area contributed by atoms with E-state index in [1.165, 1.54) is 0 Å². The van der Waals surface area contributed by atoms with Crippen molar-refractivity contribution in [3.8, 4) is 11.3 Å². The van der Waals surface area contributed by atoms with Crippen molar-refractivity contribution in [2.75, 3.05) is 5.32 Å². The molecule has 0 aliphatic rings. The first kappa shape index (κ1) is 13.2. The van der Waals surface area contributed by atoms with Gasteiger partial charge in [-0.1, -0.05) is 12.1 Å². The fraction of sp³-hybridized carbons (Fsp3) is 0.200. The minimum atomic E-state index is -0.125. The molecule has 0 atom stereocenters. The second-order valence-electron chi connectivity index (χ2n) is 4.77. The van der Waals surface area contributed by atoms with E-state index in [0.717, 1.165) is 35.7 Å². The van der Waals surface area contributed by atoms with Crippen molar-refractivity contribution >= 4 is 5.69 Å². The van der Waals surface area contributed by atoms with E-state index in [0.29, 0.717) is 0 Å². The summed E-state index contributed by atoms with van der Waals surface area (Å²) in [5, 5.41) is 8.74. The number of H-pyrrole nitrogens is 2. The summed E-state index contributed by atoms with van der Waals surface area (Å²) in [5.41, 5.74) is 3.81. The van der Waals surface area contributed by atoms with Gasteiger partial charge in [-0.3, -0.25) is 15.0 Å². The Balaban J connectivity index is 1.69. The molecule has 0 saturated carbocycles. The molecular formula is C15H17N5O. The van der Waals surface area contributed by atoms with Gasteiger partial charge < -0.3 is 9.88 Å². The van der Waals surface area contributed by atoms with Gasteiger partial charge >= 0.3 is 0 Å². The van der Waals surface area contributed by atoms with E-state index in [1.807, 2.05) is 36.8 Å². The smallest absolute Gasteiger partial charge is 0.264 e. The van der Waals surface area contributed by atoms with Crippen LogP contribution in [0.15, 0.2) is 47.7 Å². The molecule has 3 rings (SSSR count). The number of benzene rings is 1. The number of aromatic nitrogens is 4. The van der Waals surface area contributed by atoms with Gasteiger partial charge in [-0.2, -0.15) is 0 Å². The zero-order chi connectivity index (χ0) is 14.7. The topological polar surface area (TPSA) is 78.5 Å². The molecule has 0 unspecified atom stereocenters. The van der Waals surface area contributed by atoms with Crippen LogP contribution in [-0.4, -0.2) is 19.7 Å². The predicted octanol–water partition coefficient (Wildman–Crippen LogP) is 2.20. The zero-order valence-electron chi connectivity index (χ0n) is 11.8. The molecule has 0 spiro atoms. The van der Waals surface area contributed by atoms with Crippen molar-refractivity contribution in [1.82, 2.24) is 19.7 Å². The number of nitrogens with one attached hydrogen (secondary N) is 3. The lowest BCUT2D eigenvalue weighted by molar-refractivity contribution is 0.719. The summed E-state index contributed by atoms with van der Waals surface area (Å²) < 4.78 is 2.10. The molecule has 108 valence electrons. The van der Waals surface area contributed by atoms with E-state index in [-0.39, 0.29) is 5.56 Å². The Morgan fingerprint density at radius 3 is 2.71 bits per heavy atom. The molecule has 3 aromatic rings. The summed E-state index contributed by atoms with van der Waals surface area (Å²) in [6.07, 6.45) is 3.71. The maximum atomic E-state index is 11.1. The molecule has 1 aromatic carbocycles. The zero-order valence-corrected chi connectivity index (χ0v) is 11.8. The summed E-state index contributed by atoms with van der Waals surface area (Å²) in [7, 11) is 0. The second kappa shape index (κ2) is 5.70. The van der Waals surface area contributed by atoms with Crippen LogP contribution in [0.25, 0.3) is 11.3 Å². The Kier molecular flexibility index (Phi) is 3.59. The number of aromatic amines is 2. The van der Waals surface area contributed by atoms with E-state index in [4.69, 9.17) is 0 Å². The first-order valence-electron chi connectivity index (χ1n) is 6.87. The molecule has 6 nitrogen and oxygen atoms in total. The Morgan fingerprint density at radius 2 is 2.05 bits per heavy atom. The van der Waals surface area contributed by atoms with Crippen molar-refractivity contribution in [3.63, 3.8) is 0 Å². The van der Waals surface area contributed by atoms with Crippen molar-refractivity contribution in [1.29, 1.82) is 0 Å². The highest BCUT2D eigenvalue weighted by atomic mass is 16.1. The molecule has 0 saturated heterocycles. The normalized spacial score (nSPS) is 10.7. The lowest BCUT2D eigenvalue weighted by atomic mass is 10.1. The third-order valence-electron chi connectivity index (χ3n) is 3.40. The number of hydrogen-bond acceptors (Lipinski definition) is 3. The lowest BCUT2D eigenvalue weighted by Crippen LogP contribution is -2.05. The Morgan fingerprint density at radius 1 is 1.24 bits per heavy atom. The maximum Gasteiger partial charge on any atom is 0.264 e. The van der Waals surface area contributed by atoms with E-state index < -0.39 is 0 Å². The number of hydrogen-bond donors (Lipinski definition) is 3. The number of anilines is 1. The SMILES string of the molecule is CCn1cncc1CNc1ccc(-c2cc(=O)[nH][nH]2)cc1. The van der Waals surface area contributed by atoms with E-state index in [1.54, 1.807) is 6.07 Å². The average molecular weight is 283 g/mol. The van der Waals surface area contributed by atoms with Crippen LogP contribution in [0.4, 0.5) is 5.69 Å². The molecule has 0 aliphatic heterocycles. The van der Waals surface area contributed by atoms with E-state index >= 15 is 0 Å². The van der Waals surface area contributed by atoms with Gasteiger partial charge in [0.05, 0.1) is 24.3 Å². The first-order chi connectivity index (χ1) is 10.3. The van der Waals surface area contributed by atoms with Crippen LogP contribution >= 0.6 is 0 Å².